The molecule has 1 heterocycles. The lowest BCUT2D eigenvalue weighted by Crippen LogP contribution is -2.24. The van der Waals surface area contributed by atoms with Crippen LogP contribution < -0.4 is 0 Å². The topological polar surface area (TPSA) is 44.1 Å². The van der Waals surface area contributed by atoms with Crippen LogP contribution in [0.1, 0.15) is 37.7 Å². The lowest BCUT2D eigenvalue weighted by Gasteiger charge is -2.12. The van der Waals surface area contributed by atoms with Gasteiger partial charge in [-0.3, -0.25) is 9.48 Å². The summed E-state index contributed by atoms with van der Waals surface area (Å²) in [6.45, 7) is 6.80. The number of carbonyl (C=O) groups is 1. The van der Waals surface area contributed by atoms with Crippen LogP contribution in [-0.2, 0) is 11.3 Å². The maximum Gasteiger partial charge on any atom is 0.210 e. The Morgan fingerprint density at radius 3 is 2.88 bits per heavy atom. The Morgan fingerprint density at radius 2 is 2.31 bits per heavy atom. The first-order valence-electron chi connectivity index (χ1n) is 5.48. The van der Waals surface area contributed by atoms with Crippen LogP contribution in [0.15, 0.2) is 6.20 Å². The lowest BCUT2D eigenvalue weighted by molar-refractivity contribution is 0.0510. The summed E-state index contributed by atoms with van der Waals surface area (Å²) in [4.78, 5) is 12.0. The molecule has 0 spiro atoms. The van der Waals surface area contributed by atoms with E-state index in [-0.39, 0.29) is 5.78 Å². The minimum Gasteiger partial charge on any atom is -0.371 e. The van der Waals surface area contributed by atoms with E-state index >= 15 is 0 Å². The highest BCUT2D eigenvalue weighted by Crippen LogP contribution is 2.18. The third kappa shape index (κ3) is 2.83. The smallest absolute Gasteiger partial charge is 0.210 e. The first-order chi connectivity index (χ1) is 7.61. The number of Topliss-reactive ketones (excluding diaryl/α,β-unsaturated/α-hetero) is 1. The molecular weight excluding hydrogens is 228 g/mol. The second kappa shape index (κ2) is 6.01. The van der Waals surface area contributed by atoms with Crippen molar-refractivity contribution < 1.29 is 9.53 Å². The molecule has 1 rings (SSSR count). The number of aromatic nitrogens is 2. The monoisotopic (exact) mass is 244 g/mol. The van der Waals surface area contributed by atoms with Crippen LogP contribution in [0.4, 0.5) is 0 Å². The van der Waals surface area contributed by atoms with Crippen molar-refractivity contribution in [2.75, 3.05) is 6.61 Å². The standard InChI is InChI=1S/C11H17ClN2O2/c1-4-6-14-10(9(12)7-13-14)11(15)8(3)16-5-2/h7-8H,4-6H2,1-3H3. The average Bonchev–Trinajstić information content (AvgIpc) is 2.60. The molecule has 0 aliphatic heterocycles. The van der Waals surface area contributed by atoms with Crippen LogP contribution in [-0.4, -0.2) is 28.3 Å². The number of ether oxygens (including phenoxy) is 1. The Morgan fingerprint density at radius 1 is 1.62 bits per heavy atom. The van der Waals surface area contributed by atoms with Gasteiger partial charge in [-0.05, 0) is 20.3 Å². The normalized spacial score (nSPS) is 12.8. The highest BCUT2D eigenvalue weighted by Gasteiger charge is 2.22. The minimum atomic E-state index is -0.477. The maximum absolute atomic E-state index is 12.0. The molecule has 16 heavy (non-hydrogen) atoms. The summed E-state index contributed by atoms with van der Waals surface area (Å²) >= 11 is 5.96. The Kier molecular flexibility index (Phi) is 4.96. The fourth-order valence-electron chi connectivity index (χ4n) is 1.51. The molecule has 0 saturated heterocycles. The Labute approximate surface area is 101 Å². The van der Waals surface area contributed by atoms with E-state index in [2.05, 4.69) is 5.10 Å². The van der Waals surface area contributed by atoms with Crippen LogP contribution in [0.25, 0.3) is 0 Å². The molecule has 0 aliphatic rings. The van der Waals surface area contributed by atoms with E-state index < -0.39 is 6.10 Å². The Hall–Kier alpha value is -0.870. The summed E-state index contributed by atoms with van der Waals surface area (Å²) in [5, 5.41) is 4.47. The third-order valence-corrected chi connectivity index (χ3v) is 2.53. The molecule has 5 heteroatoms. The second-order valence-electron chi connectivity index (χ2n) is 3.53. The molecule has 0 saturated carbocycles. The highest BCUT2D eigenvalue weighted by atomic mass is 35.5. The average molecular weight is 245 g/mol. The van der Waals surface area contributed by atoms with Gasteiger partial charge in [0.05, 0.1) is 11.2 Å². The minimum absolute atomic E-state index is 0.113. The lowest BCUT2D eigenvalue weighted by atomic mass is 10.2. The highest BCUT2D eigenvalue weighted by molar-refractivity contribution is 6.33. The fraction of sp³-hybridized carbons (Fsp3) is 0.636. The van der Waals surface area contributed by atoms with Gasteiger partial charge in [0.1, 0.15) is 11.8 Å². The van der Waals surface area contributed by atoms with E-state index in [1.54, 1.807) is 11.6 Å². The first-order valence-corrected chi connectivity index (χ1v) is 5.86. The summed E-state index contributed by atoms with van der Waals surface area (Å²) in [6, 6.07) is 0. The molecular formula is C11H17ClN2O2. The van der Waals surface area contributed by atoms with Gasteiger partial charge < -0.3 is 4.74 Å². The molecule has 0 aliphatic carbocycles. The van der Waals surface area contributed by atoms with Crippen molar-refractivity contribution in [3.8, 4) is 0 Å². The van der Waals surface area contributed by atoms with Crippen LogP contribution >= 0.6 is 11.6 Å². The molecule has 0 radical (unpaired) electrons. The van der Waals surface area contributed by atoms with E-state index in [1.165, 1.54) is 6.20 Å². The van der Waals surface area contributed by atoms with Crippen molar-refractivity contribution in [1.82, 2.24) is 9.78 Å². The summed E-state index contributed by atoms with van der Waals surface area (Å²) in [6.07, 6.45) is 1.93. The second-order valence-corrected chi connectivity index (χ2v) is 3.93. The van der Waals surface area contributed by atoms with Gasteiger partial charge in [0.2, 0.25) is 5.78 Å². The molecule has 1 aromatic heterocycles. The number of carbonyl (C=O) groups excluding carboxylic acids is 1. The number of hydrogen-bond donors (Lipinski definition) is 0. The Bertz CT molecular complexity index is 363. The van der Waals surface area contributed by atoms with Crippen molar-refractivity contribution >= 4 is 17.4 Å². The van der Waals surface area contributed by atoms with Gasteiger partial charge in [-0.25, -0.2) is 0 Å². The molecule has 4 nitrogen and oxygen atoms in total. The number of nitrogens with zero attached hydrogens (tertiary/aromatic N) is 2. The molecule has 0 fully saturated rings. The van der Waals surface area contributed by atoms with Crippen molar-refractivity contribution in [2.24, 2.45) is 0 Å². The molecule has 0 amide bonds. The quantitative estimate of drug-likeness (QED) is 0.723. The van der Waals surface area contributed by atoms with Crippen LogP contribution in [0.5, 0.6) is 0 Å². The van der Waals surface area contributed by atoms with Gasteiger partial charge in [0, 0.05) is 13.2 Å². The summed E-state index contributed by atoms with van der Waals surface area (Å²) < 4.78 is 6.91. The zero-order chi connectivity index (χ0) is 12.1. The van der Waals surface area contributed by atoms with Gasteiger partial charge in [-0.15, -0.1) is 0 Å². The molecule has 1 atom stereocenters. The van der Waals surface area contributed by atoms with E-state index in [0.717, 1.165) is 6.42 Å². The van der Waals surface area contributed by atoms with Crippen LogP contribution in [0.3, 0.4) is 0 Å². The van der Waals surface area contributed by atoms with Gasteiger partial charge in [-0.2, -0.15) is 5.10 Å². The van der Waals surface area contributed by atoms with Gasteiger partial charge in [0.15, 0.2) is 0 Å². The molecule has 0 N–H and O–H groups in total. The molecule has 1 aromatic rings. The Balaban J connectivity index is 2.92. The number of aryl methyl sites for hydroxylation is 1. The van der Waals surface area contributed by atoms with Crippen molar-refractivity contribution in [3.05, 3.63) is 16.9 Å². The zero-order valence-corrected chi connectivity index (χ0v) is 10.6. The van der Waals surface area contributed by atoms with E-state index in [0.29, 0.717) is 23.9 Å². The van der Waals surface area contributed by atoms with Crippen molar-refractivity contribution in [3.63, 3.8) is 0 Å². The summed E-state index contributed by atoms with van der Waals surface area (Å²) in [7, 11) is 0. The maximum atomic E-state index is 12.0. The largest absolute Gasteiger partial charge is 0.371 e. The molecule has 90 valence electrons. The van der Waals surface area contributed by atoms with Crippen molar-refractivity contribution in [1.29, 1.82) is 0 Å². The summed E-state index contributed by atoms with van der Waals surface area (Å²) in [5.74, 6) is -0.113. The number of rotatable bonds is 6. The molecule has 1 unspecified atom stereocenters. The molecule has 0 aromatic carbocycles. The SMILES string of the molecule is CCCn1ncc(Cl)c1C(=O)C(C)OCC. The predicted octanol–water partition coefficient (Wildman–Crippen LogP) is 2.55. The number of halogens is 1. The van der Waals surface area contributed by atoms with Crippen molar-refractivity contribution in [2.45, 2.75) is 39.8 Å². The molecule has 0 bridgehead atoms. The number of ketones is 1. The van der Waals surface area contributed by atoms with Crippen LogP contribution in [0.2, 0.25) is 5.02 Å². The first kappa shape index (κ1) is 13.2. The van der Waals surface area contributed by atoms with E-state index in [1.807, 2.05) is 13.8 Å². The zero-order valence-electron chi connectivity index (χ0n) is 9.86. The van der Waals surface area contributed by atoms with Gasteiger partial charge >= 0.3 is 0 Å². The van der Waals surface area contributed by atoms with Gasteiger partial charge in [0.25, 0.3) is 0 Å². The third-order valence-electron chi connectivity index (χ3n) is 2.25. The number of hydrogen-bond acceptors (Lipinski definition) is 3. The summed E-state index contributed by atoms with van der Waals surface area (Å²) in [5.41, 5.74) is 0.449. The predicted molar refractivity (Wildman–Crippen MR) is 62.9 cm³/mol. The fourth-order valence-corrected chi connectivity index (χ4v) is 1.74. The van der Waals surface area contributed by atoms with Crippen LogP contribution in [0, 0.1) is 0 Å². The van der Waals surface area contributed by atoms with Gasteiger partial charge in [-0.1, -0.05) is 18.5 Å². The van der Waals surface area contributed by atoms with E-state index in [4.69, 9.17) is 16.3 Å². The van der Waals surface area contributed by atoms with E-state index in [9.17, 15) is 4.79 Å².